The Bertz CT molecular complexity index is 1280. The largest absolute Gasteiger partial charge is 0.345 e. The number of carbonyl (C=O) groups is 1. The zero-order chi connectivity index (χ0) is 22.3. The van der Waals surface area contributed by atoms with Crippen LogP contribution in [0.1, 0.15) is 58.8 Å². The molecule has 1 aliphatic rings. The molecule has 5 nitrogen and oxygen atoms in total. The van der Waals surface area contributed by atoms with E-state index in [0.717, 1.165) is 28.2 Å². The molecule has 0 bridgehead atoms. The number of carbonyl (C=O) groups excluding carboxylic acids is 1. The average Bonchev–Trinajstić information content (AvgIpc) is 3.53. The number of fused-ring (bicyclic) bond motifs is 1. The molecule has 1 amide bonds. The molecule has 0 saturated heterocycles. The monoisotopic (exact) mass is 456 g/mol. The van der Waals surface area contributed by atoms with Gasteiger partial charge < -0.3 is 5.32 Å². The zero-order valence-corrected chi connectivity index (χ0v) is 19.3. The minimum Gasteiger partial charge on any atom is -0.345 e. The molecule has 3 aromatic carbocycles. The quantitative estimate of drug-likeness (QED) is 0.511. The molecule has 1 fully saturated rings. The summed E-state index contributed by atoms with van der Waals surface area (Å²) in [5, 5.41) is 5.55. The molecule has 7 heteroatoms. The normalized spacial score (nSPS) is 15.0. The SMILES string of the molecule is Cc1cc([C@H](C)NC(=O)c2ccc3cc(C4CC4)ccc3c2)c(Cl)cc1NS(C)(=O)=O. The van der Waals surface area contributed by atoms with E-state index in [0.29, 0.717) is 22.2 Å². The highest BCUT2D eigenvalue weighted by atomic mass is 35.5. The molecule has 0 radical (unpaired) electrons. The summed E-state index contributed by atoms with van der Waals surface area (Å²) in [5.41, 5.74) is 3.83. The van der Waals surface area contributed by atoms with E-state index in [2.05, 4.69) is 28.2 Å². The van der Waals surface area contributed by atoms with Crippen LogP contribution in [-0.4, -0.2) is 20.6 Å². The Morgan fingerprint density at radius 2 is 1.74 bits per heavy atom. The van der Waals surface area contributed by atoms with Crippen molar-refractivity contribution in [2.45, 2.75) is 38.6 Å². The van der Waals surface area contributed by atoms with Gasteiger partial charge in [0.2, 0.25) is 10.0 Å². The van der Waals surface area contributed by atoms with Gasteiger partial charge in [0.1, 0.15) is 0 Å². The molecule has 1 aliphatic carbocycles. The van der Waals surface area contributed by atoms with Crippen molar-refractivity contribution in [3.63, 3.8) is 0 Å². The van der Waals surface area contributed by atoms with Crippen molar-refractivity contribution in [1.82, 2.24) is 5.32 Å². The van der Waals surface area contributed by atoms with E-state index < -0.39 is 10.0 Å². The van der Waals surface area contributed by atoms with Gasteiger partial charge in [-0.25, -0.2) is 8.42 Å². The van der Waals surface area contributed by atoms with Gasteiger partial charge in [0.05, 0.1) is 18.0 Å². The number of hydrogen-bond acceptors (Lipinski definition) is 3. The first kappa shape index (κ1) is 21.7. The fourth-order valence-electron chi connectivity index (χ4n) is 3.78. The first-order valence-corrected chi connectivity index (χ1v) is 12.5. The molecule has 1 saturated carbocycles. The maximum atomic E-state index is 12.9. The van der Waals surface area contributed by atoms with Crippen LogP contribution in [0.2, 0.25) is 5.02 Å². The predicted molar refractivity (Wildman–Crippen MR) is 126 cm³/mol. The smallest absolute Gasteiger partial charge is 0.251 e. The van der Waals surface area contributed by atoms with Crippen molar-refractivity contribution in [1.29, 1.82) is 0 Å². The summed E-state index contributed by atoms with van der Waals surface area (Å²) in [5.74, 6) is 0.508. The highest BCUT2D eigenvalue weighted by Gasteiger charge is 2.23. The molecule has 0 aliphatic heterocycles. The van der Waals surface area contributed by atoms with Crippen molar-refractivity contribution in [2.75, 3.05) is 11.0 Å². The summed E-state index contributed by atoms with van der Waals surface area (Å²) in [6.07, 6.45) is 3.61. The van der Waals surface area contributed by atoms with Gasteiger partial charge in [-0.15, -0.1) is 0 Å². The lowest BCUT2D eigenvalue weighted by atomic mass is 10.0. The Balaban J connectivity index is 1.52. The van der Waals surface area contributed by atoms with E-state index in [4.69, 9.17) is 11.6 Å². The van der Waals surface area contributed by atoms with Crippen LogP contribution in [0.25, 0.3) is 10.8 Å². The number of hydrogen-bond donors (Lipinski definition) is 2. The number of nitrogens with one attached hydrogen (secondary N) is 2. The number of halogens is 1. The molecular formula is C24H25ClN2O3S. The van der Waals surface area contributed by atoms with Crippen LogP contribution in [0.15, 0.2) is 48.5 Å². The summed E-state index contributed by atoms with van der Waals surface area (Å²) >= 11 is 6.39. The van der Waals surface area contributed by atoms with Crippen LogP contribution in [-0.2, 0) is 10.0 Å². The zero-order valence-electron chi connectivity index (χ0n) is 17.7. The van der Waals surface area contributed by atoms with E-state index in [1.54, 1.807) is 19.1 Å². The second kappa shape index (κ2) is 8.17. The predicted octanol–water partition coefficient (Wildman–Crippen LogP) is 5.54. The van der Waals surface area contributed by atoms with E-state index in [1.165, 1.54) is 18.4 Å². The Hall–Kier alpha value is -2.57. The number of rotatable bonds is 6. The maximum absolute atomic E-state index is 12.9. The number of benzene rings is 3. The highest BCUT2D eigenvalue weighted by Crippen LogP contribution is 2.41. The second-order valence-electron chi connectivity index (χ2n) is 8.35. The van der Waals surface area contributed by atoms with Crippen LogP contribution < -0.4 is 10.0 Å². The maximum Gasteiger partial charge on any atom is 0.251 e. The lowest BCUT2D eigenvalue weighted by Gasteiger charge is -2.18. The van der Waals surface area contributed by atoms with Crippen molar-refractivity contribution in [3.8, 4) is 0 Å². The minimum absolute atomic E-state index is 0.187. The van der Waals surface area contributed by atoms with Gasteiger partial charge in [0.15, 0.2) is 0 Å². The molecule has 0 heterocycles. The Labute approximate surface area is 187 Å². The molecule has 4 rings (SSSR count). The summed E-state index contributed by atoms with van der Waals surface area (Å²) in [6, 6.07) is 15.2. The van der Waals surface area contributed by atoms with Crippen molar-refractivity contribution in [2.24, 2.45) is 0 Å². The Morgan fingerprint density at radius 1 is 1.06 bits per heavy atom. The second-order valence-corrected chi connectivity index (χ2v) is 10.5. The van der Waals surface area contributed by atoms with Gasteiger partial charge >= 0.3 is 0 Å². The molecule has 3 aromatic rings. The molecule has 162 valence electrons. The molecule has 1 atom stereocenters. The Morgan fingerprint density at radius 3 is 2.42 bits per heavy atom. The molecule has 31 heavy (non-hydrogen) atoms. The Kier molecular flexibility index (Phi) is 5.71. The minimum atomic E-state index is -3.41. The lowest BCUT2D eigenvalue weighted by Crippen LogP contribution is -2.27. The number of sulfonamides is 1. The molecule has 0 unspecified atom stereocenters. The summed E-state index contributed by atoms with van der Waals surface area (Å²) in [7, 11) is -3.41. The van der Waals surface area contributed by atoms with E-state index >= 15 is 0 Å². The van der Waals surface area contributed by atoms with Crippen molar-refractivity contribution in [3.05, 3.63) is 75.8 Å². The van der Waals surface area contributed by atoms with E-state index in [1.807, 2.05) is 25.1 Å². The molecule has 2 N–H and O–H groups in total. The third-order valence-corrected chi connectivity index (χ3v) is 6.55. The number of amides is 1. The van der Waals surface area contributed by atoms with Gasteiger partial charge in [0.25, 0.3) is 5.91 Å². The number of anilines is 1. The van der Waals surface area contributed by atoms with Crippen LogP contribution in [0.4, 0.5) is 5.69 Å². The average molecular weight is 457 g/mol. The summed E-state index contributed by atoms with van der Waals surface area (Å²) in [4.78, 5) is 12.9. The topological polar surface area (TPSA) is 75.3 Å². The first-order valence-electron chi connectivity index (χ1n) is 10.2. The fourth-order valence-corrected chi connectivity index (χ4v) is 4.73. The summed E-state index contributed by atoms with van der Waals surface area (Å²) in [6.45, 7) is 3.65. The van der Waals surface area contributed by atoms with Crippen LogP contribution in [0.3, 0.4) is 0 Å². The third-order valence-electron chi connectivity index (χ3n) is 5.63. The van der Waals surface area contributed by atoms with Gasteiger partial charge in [-0.1, -0.05) is 41.9 Å². The fraction of sp³-hybridized carbons (Fsp3) is 0.292. The lowest BCUT2D eigenvalue weighted by molar-refractivity contribution is 0.0940. The van der Waals surface area contributed by atoms with Gasteiger partial charge in [-0.3, -0.25) is 9.52 Å². The van der Waals surface area contributed by atoms with Gasteiger partial charge in [-0.2, -0.15) is 0 Å². The first-order chi connectivity index (χ1) is 14.6. The molecule has 0 spiro atoms. The van der Waals surface area contributed by atoms with Crippen molar-refractivity contribution < 1.29 is 13.2 Å². The van der Waals surface area contributed by atoms with Crippen LogP contribution in [0, 0.1) is 6.92 Å². The summed E-state index contributed by atoms with van der Waals surface area (Å²) < 4.78 is 25.5. The van der Waals surface area contributed by atoms with E-state index in [-0.39, 0.29) is 11.9 Å². The van der Waals surface area contributed by atoms with Gasteiger partial charge in [-0.05, 0) is 78.3 Å². The molecular weight excluding hydrogens is 432 g/mol. The van der Waals surface area contributed by atoms with Crippen molar-refractivity contribution >= 4 is 44.0 Å². The van der Waals surface area contributed by atoms with Crippen LogP contribution >= 0.6 is 11.6 Å². The number of aryl methyl sites for hydroxylation is 1. The molecule has 0 aromatic heterocycles. The van der Waals surface area contributed by atoms with Crippen LogP contribution in [0.5, 0.6) is 0 Å². The standard InChI is InChI=1S/C24H25ClN2O3S/c1-14-10-21(22(25)13-23(14)27-31(3,29)30)15(2)26-24(28)20-9-8-18-11-17(16-4-5-16)6-7-19(18)12-20/h6-13,15-16,27H,4-5H2,1-3H3,(H,26,28)/t15-/m0/s1. The highest BCUT2D eigenvalue weighted by molar-refractivity contribution is 7.92. The third kappa shape index (κ3) is 5.02. The van der Waals surface area contributed by atoms with E-state index in [9.17, 15) is 13.2 Å². The van der Waals surface area contributed by atoms with Gasteiger partial charge in [0, 0.05) is 10.6 Å².